The summed E-state index contributed by atoms with van der Waals surface area (Å²) in [5, 5.41) is 0. The Hall–Kier alpha value is -1.57. The summed E-state index contributed by atoms with van der Waals surface area (Å²) in [4.78, 5) is 0.158. The van der Waals surface area contributed by atoms with Crippen LogP contribution in [0.3, 0.4) is 0 Å². The zero-order chi connectivity index (χ0) is 16.4. The van der Waals surface area contributed by atoms with Gasteiger partial charge in [-0.2, -0.15) is 0 Å². The van der Waals surface area contributed by atoms with E-state index in [-0.39, 0.29) is 10.9 Å². The molecule has 0 amide bonds. The molecule has 2 aromatic carbocycles. The summed E-state index contributed by atoms with van der Waals surface area (Å²) in [5.74, 6) is 1.02. The maximum atomic E-state index is 12.6. The summed E-state index contributed by atoms with van der Waals surface area (Å²) in [6, 6.07) is 11.8. The predicted molar refractivity (Wildman–Crippen MR) is 90.3 cm³/mol. The van der Waals surface area contributed by atoms with Crippen LogP contribution in [0.15, 0.2) is 51.8 Å². The molecule has 1 heterocycles. The van der Waals surface area contributed by atoms with E-state index in [1.54, 1.807) is 13.0 Å². The van der Waals surface area contributed by atoms with E-state index < -0.39 is 10.0 Å². The molecular weight excluding hydrogens is 382 g/mol. The van der Waals surface area contributed by atoms with Crippen LogP contribution in [0.1, 0.15) is 18.5 Å². The minimum absolute atomic E-state index is 0.158. The Morgan fingerprint density at radius 1 is 1.04 bits per heavy atom. The summed E-state index contributed by atoms with van der Waals surface area (Å²) in [7, 11) is -3.65. The first-order chi connectivity index (χ1) is 11.0. The minimum atomic E-state index is -3.65. The van der Waals surface area contributed by atoms with Crippen molar-refractivity contribution < 1.29 is 17.9 Å². The lowest BCUT2D eigenvalue weighted by Gasteiger charge is -2.20. The second-order valence-electron chi connectivity index (χ2n) is 5.20. The molecule has 3 rings (SSSR count). The first-order valence-corrected chi connectivity index (χ1v) is 9.41. The number of nitrogens with one attached hydrogen (secondary N) is 1. The number of halogens is 1. The highest BCUT2D eigenvalue weighted by Gasteiger charge is 2.21. The van der Waals surface area contributed by atoms with Gasteiger partial charge in [0.1, 0.15) is 13.2 Å². The van der Waals surface area contributed by atoms with Gasteiger partial charge in [0.05, 0.1) is 4.90 Å². The molecule has 0 radical (unpaired) electrons. The third-order valence-electron chi connectivity index (χ3n) is 3.53. The Bertz CT molecular complexity index is 805. The third kappa shape index (κ3) is 3.68. The van der Waals surface area contributed by atoms with Gasteiger partial charge in [0.15, 0.2) is 11.5 Å². The smallest absolute Gasteiger partial charge is 0.241 e. The fourth-order valence-electron chi connectivity index (χ4n) is 2.31. The van der Waals surface area contributed by atoms with Crippen LogP contribution < -0.4 is 14.2 Å². The third-order valence-corrected chi connectivity index (χ3v) is 5.59. The van der Waals surface area contributed by atoms with Crippen molar-refractivity contribution in [3.05, 3.63) is 52.5 Å². The Kier molecular flexibility index (Phi) is 4.61. The van der Waals surface area contributed by atoms with E-state index in [2.05, 4.69) is 20.7 Å². The highest BCUT2D eigenvalue weighted by Crippen LogP contribution is 2.32. The predicted octanol–water partition coefficient (Wildman–Crippen LogP) is 3.26. The van der Waals surface area contributed by atoms with Gasteiger partial charge in [-0.3, -0.25) is 0 Å². The molecule has 7 heteroatoms. The van der Waals surface area contributed by atoms with E-state index in [4.69, 9.17) is 9.47 Å². The number of sulfonamides is 1. The molecule has 0 aromatic heterocycles. The second kappa shape index (κ2) is 6.51. The quantitative estimate of drug-likeness (QED) is 0.859. The highest BCUT2D eigenvalue weighted by molar-refractivity contribution is 9.10. The molecule has 0 bridgehead atoms. The van der Waals surface area contributed by atoms with Crippen molar-refractivity contribution in [2.75, 3.05) is 13.2 Å². The summed E-state index contributed by atoms with van der Waals surface area (Å²) in [6.07, 6.45) is 0. The fraction of sp³-hybridized carbons (Fsp3) is 0.250. The Morgan fingerprint density at radius 3 is 2.39 bits per heavy atom. The van der Waals surface area contributed by atoms with Crippen molar-refractivity contribution in [2.24, 2.45) is 0 Å². The average molecular weight is 398 g/mol. The summed E-state index contributed by atoms with van der Waals surface area (Å²) < 4.78 is 39.6. The number of hydrogen-bond acceptors (Lipinski definition) is 4. The number of rotatable bonds is 4. The fourth-order valence-corrected chi connectivity index (χ4v) is 3.82. The Labute approximate surface area is 143 Å². The van der Waals surface area contributed by atoms with Crippen LogP contribution in [0.25, 0.3) is 0 Å². The number of hydrogen-bond donors (Lipinski definition) is 1. The summed E-state index contributed by atoms with van der Waals surface area (Å²) in [6.45, 7) is 2.69. The molecule has 1 aliphatic heterocycles. The van der Waals surface area contributed by atoms with Gasteiger partial charge in [0, 0.05) is 16.6 Å². The normalized spacial score (nSPS) is 15.2. The molecule has 1 atom stereocenters. The maximum Gasteiger partial charge on any atom is 0.241 e. The summed E-state index contributed by atoms with van der Waals surface area (Å²) in [5.41, 5.74) is 0.884. The molecule has 0 saturated heterocycles. The lowest BCUT2D eigenvalue weighted by molar-refractivity contribution is 0.171. The van der Waals surface area contributed by atoms with Crippen molar-refractivity contribution in [1.29, 1.82) is 0 Å². The molecule has 0 unspecified atom stereocenters. The second-order valence-corrected chi connectivity index (χ2v) is 7.83. The molecule has 5 nitrogen and oxygen atoms in total. The highest BCUT2D eigenvalue weighted by atomic mass is 79.9. The first kappa shape index (κ1) is 16.3. The van der Waals surface area contributed by atoms with Crippen molar-refractivity contribution in [1.82, 2.24) is 4.72 Å². The zero-order valence-corrected chi connectivity index (χ0v) is 14.9. The van der Waals surface area contributed by atoms with Crippen LogP contribution in [0.2, 0.25) is 0 Å². The lowest BCUT2D eigenvalue weighted by atomic mass is 10.1. The van der Waals surface area contributed by atoms with Crippen molar-refractivity contribution in [3.63, 3.8) is 0 Å². The zero-order valence-electron chi connectivity index (χ0n) is 12.5. The van der Waals surface area contributed by atoms with E-state index in [1.807, 2.05) is 24.3 Å². The number of fused-ring (bicyclic) bond motifs is 1. The van der Waals surface area contributed by atoms with Gasteiger partial charge in [0.2, 0.25) is 10.0 Å². The van der Waals surface area contributed by atoms with Gasteiger partial charge in [-0.15, -0.1) is 0 Å². The standard InChI is InChI=1S/C16H16BrNO4S/c1-11(12-2-4-13(17)5-3-12)18-23(19,20)14-6-7-15-16(10-14)22-9-8-21-15/h2-7,10-11,18H,8-9H2,1H3/t11-/m1/s1. The Balaban J connectivity index is 1.82. The molecular formula is C16H16BrNO4S. The molecule has 2 aromatic rings. The van der Waals surface area contributed by atoms with Crippen LogP contribution in [0, 0.1) is 0 Å². The van der Waals surface area contributed by atoms with Gasteiger partial charge in [-0.25, -0.2) is 13.1 Å². The molecule has 1 N–H and O–H groups in total. The van der Waals surface area contributed by atoms with Gasteiger partial charge in [-0.05, 0) is 36.8 Å². The van der Waals surface area contributed by atoms with E-state index in [0.717, 1.165) is 10.0 Å². The topological polar surface area (TPSA) is 64.6 Å². The van der Waals surface area contributed by atoms with Crippen LogP contribution in [0.5, 0.6) is 11.5 Å². The molecule has 0 saturated carbocycles. The van der Waals surface area contributed by atoms with E-state index in [9.17, 15) is 8.42 Å². The van der Waals surface area contributed by atoms with Gasteiger partial charge >= 0.3 is 0 Å². The van der Waals surface area contributed by atoms with Crippen LogP contribution >= 0.6 is 15.9 Å². The maximum absolute atomic E-state index is 12.6. The number of benzene rings is 2. The van der Waals surface area contributed by atoms with Crippen LogP contribution in [-0.4, -0.2) is 21.6 Å². The molecule has 0 aliphatic carbocycles. The summed E-state index contributed by atoms with van der Waals surface area (Å²) >= 11 is 3.36. The number of ether oxygens (including phenoxy) is 2. The monoisotopic (exact) mass is 397 g/mol. The van der Waals surface area contributed by atoms with Crippen molar-refractivity contribution in [2.45, 2.75) is 17.9 Å². The SMILES string of the molecule is C[C@@H](NS(=O)(=O)c1ccc2c(c1)OCCO2)c1ccc(Br)cc1. The van der Waals surface area contributed by atoms with Gasteiger partial charge < -0.3 is 9.47 Å². The first-order valence-electron chi connectivity index (χ1n) is 7.13. The molecule has 0 spiro atoms. The Morgan fingerprint density at radius 2 is 1.70 bits per heavy atom. The van der Waals surface area contributed by atoms with E-state index >= 15 is 0 Å². The van der Waals surface area contributed by atoms with Crippen molar-refractivity contribution in [3.8, 4) is 11.5 Å². The average Bonchev–Trinajstić information content (AvgIpc) is 2.54. The molecule has 122 valence electrons. The minimum Gasteiger partial charge on any atom is -0.486 e. The van der Waals surface area contributed by atoms with E-state index in [1.165, 1.54) is 12.1 Å². The molecule has 0 fully saturated rings. The van der Waals surface area contributed by atoms with Crippen molar-refractivity contribution >= 4 is 26.0 Å². The van der Waals surface area contributed by atoms with Gasteiger partial charge in [0.25, 0.3) is 0 Å². The molecule has 23 heavy (non-hydrogen) atoms. The largest absolute Gasteiger partial charge is 0.486 e. The lowest BCUT2D eigenvalue weighted by Crippen LogP contribution is -2.27. The van der Waals surface area contributed by atoms with Crippen LogP contribution in [0.4, 0.5) is 0 Å². The molecule has 1 aliphatic rings. The van der Waals surface area contributed by atoms with Gasteiger partial charge in [-0.1, -0.05) is 28.1 Å². The van der Waals surface area contributed by atoms with Crippen LogP contribution in [-0.2, 0) is 10.0 Å². The van der Waals surface area contributed by atoms with E-state index in [0.29, 0.717) is 24.7 Å².